The van der Waals surface area contributed by atoms with Crippen molar-refractivity contribution in [3.63, 3.8) is 0 Å². The van der Waals surface area contributed by atoms with Crippen LogP contribution in [0, 0.1) is 0 Å². The maximum atomic E-state index is 11.8. The number of esters is 1. The van der Waals surface area contributed by atoms with E-state index < -0.39 is 11.6 Å². The third kappa shape index (κ3) is 3.34. The van der Waals surface area contributed by atoms with Gasteiger partial charge in [-0.05, 0) is 51.1 Å². The molecule has 1 aromatic heterocycles. The summed E-state index contributed by atoms with van der Waals surface area (Å²) < 4.78 is 6.87. The van der Waals surface area contributed by atoms with Crippen molar-refractivity contribution in [3.8, 4) is 5.69 Å². The number of anilines is 1. The highest BCUT2D eigenvalue weighted by molar-refractivity contribution is 5.87. The van der Waals surface area contributed by atoms with Crippen LogP contribution < -0.4 is 5.73 Å². The van der Waals surface area contributed by atoms with Gasteiger partial charge in [0.05, 0.1) is 5.69 Å². The topological polar surface area (TPSA) is 70.1 Å². The summed E-state index contributed by atoms with van der Waals surface area (Å²) in [6, 6.07) is 8.86. The summed E-state index contributed by atoms with van der Waals surface area (Å²) in [4.78, 5) is 11.8. The van der Waals surface area contributed by atoms with Crippen LogP contribution in [0.25, 0.3) is 5.69 Å². The quantitative estimate of drug-likeness (QED) is 0.664. The molecule has 2 aromatic rings. The molecule has 0 atom stereocenters. The first kappa shape index (κ1) is 13.1. The average molecular weight is 259 g/mol. The Kier molecular flexibility index (Phi) is 3.29. The maximum absolute atomic E-state index is 11.8. The van der Waals surface area contributed by atoms with Crippen molar-refractivity contribution in [1.29, 1.82) is 0 Å². The Morgan fingerprint density at radius 3 is 2.42 bits per heavy atom. The van der Waals surface area contributed by atoms with Crippen LogP contribution in [0.15, 0.2) is 36.5 Å². The van der Waals surface area contributed by atoms with Gasteiger partial charge in [-0.3, -0.25) is 0 Å². The number of rotatable bonds is 2. The van der Waals surface area contributed by atoms with Gasteiger partial charge in [0.15, 0.2) is 5.69 Å². The van der Waals surface area contributed by atoms with E-state index in [1.165, 1.54) is 0 Å². The highest BCUT2D eigenvalue weighted by Gasteiger charge is 2.19. The Morgan fingerprint density at radius 1 is 1.21 bits per heavy atom. The maximum Gasteiger partial charge on any atom is 0.359 e. The lowest BCUT2D eigenvalue weighted by molar-refractivity contribution is 0.00624. The molecule has 5 heteroatoms. The average Bonchev–Trinajstić information content (AvgIpc) is 2.77. The fraction of sp³-hybridized carbons (Fsp3) is 0.286. The van der Waals surface area contributed by atoms with Gasteiger partial charge < -0.3 is 10.5 Å². The first-order valence-corrected chi connectivity index (χ1v) is 6.00. The van der Waals surface area contributed by atoms with Crippen LogP contribution in [0.1, 0.15) is 31.3 Å². The molecule has 0 aliphatic heterocycles. The molecule has 0 bridgehead atoms. The van der Waals surface area contributed by atoms with E-state index in [4.69, 9.17) is 10.5 Å². The van der Waals surface area contributed by atoms with Crippen LogP contribution in [0.5, 0.6) is 0 Å². The van der Waals surface area contributed by atoms with E-state index in [1.54, 1.807) is 29.1 Å². The number of hydrogen-bond acceptors (Lipinski definition) is 4. The number of aromatic nitrogens is 2. The molecule has 2 N–H and O–H groups in total. The van der Waals surface area contributed by atoms with Gasteiger partial charge in [0, 0.05) is 11.9 Å². The van der Waals surface area contributed by atoms with E-state index in [1.807, 2.05) is 32.9 Å². The van der Waals surface area contributed by atoms with Gasteiger partial charge in [-0.1, -0.05) is 0 Å². The molecule has 0 radical (unpaired) electrons. The molecule has 0 fully saturated rings. The van der Waals surface area contributed by atoms with Crippen LogP contribution >= 0.6 is 0 Å². The molecule has 0 aliphatic rings. The molecule has 2 rings (SSSR count). The molecule has 1 aromatic carbocycles. The third-order valence-corrected chi connectivity index (χ3v) is 2.35. The molecule has 0 amide bonds. The minimum Gasteiger partial charge on any atom is -0.455 e. The van der Waals surface area contributed by atoms with Gasteiger partial charge in [0.25, 0.3) is 0 Å². The van der Waals surface area contributed by atoms with Crippen molar-refractivity contribution in [1.82, 2.24) is 9.78 Å². The Labute approximate surface area is 112 Å². The van der Waals surface area contributed by atoms with E-state index in [2.05, 4.69) is 5.10 Å². The fourth-order valence-corrected chi connectivity index (χ4v) is 1.53. The Hall–Kier alpha value is -2.30. The molecule has 19 heavy (non-hydrogen) atoms. The standard InChI is InChI=1S/C14H17N3O2/c1-14(2,3)19-13(18)12-8-9-17(16-12)11-6-4-10(15)5-7-11/h4-9H,15H2,1-3H3. The van der Waals surface area contributed by atoms with Gasteiger partial charge in [-0.25, -0.2) is 9.48 Å². The Balaban J connectivity index is 2.19. The van der Waals surface area contributed by atoms with Crippen molar-refractivity contribution >= 4 is 11.7 Å². The Morgan fingerprint density at radius 2 is 1.84 bits per heavy atom. The van der Waals surface area contributed by atoms with Gasteiger partial charge in [-0.15, -0.1) is 0 Å². The minimum atomic E-state index is -0.526. The van der Waals surface area contributed by atoms with Gasteiger partial charge in [-0.2, -0.15) is 5.10 Å². The van der Waals surface area contributed by atoms with Crippen molar-refractivity contribution in [2.75, 3.05) is 5.73 Å². The fourth-order valence-electron chi connectivity index (χ4n) is 1.53. The molecular formula is C14H17N3O2. The minimum absolute atomic E-state index is 0.284. The summed E-state index contributed by atoms with van der Waals surface area (Å²) in [7, 11) is 0. The highest BCUT2D eigenvalue weighted by Crippen LogP contribution is 2.13. The highest BCUT2D eigenvalue weighted by atomic mass is 16.6. The summed E-state index contributed by atoms with van der Waals surface area (Å²) in [5.41, 5.74) is 6.90. The summed E-state index contributed by atoms with van der Waals surface area (Å²) in [6.45, 7) is 5.46. The molecule has 0 saturated heterocycles. The largest absolute Gasteiger partial charge is 0.455 e. The van der Waals surface area contributed by atoms with E-state index in [0.717, 1.165) is 5.69 Å². The first-order chi connectivity index (χ1) is 8.85. The second kappa shape index (κ2) is 4.76. The normalized spacial score (nSPS) is 11.3. The molecule has 5 nitrogen and oxygen atoms in total. The van der Waals surface area contributed by atoms with Gasteiger partial charge >= 0.3 is 5.97 Å². The zero-order chi connectivity index (χ0) is 14.0. The van der Waals surface area contributed by atoms with Crippen molar-refractivity contribution < 1.29 is 9.53 Å². The summed E-state index contributed by atoms with van der Waals surface area (Å²) in [6.07, 6.45) is 1.71. The number of nitrogens with zero attached hydrogens (tertiary/aromatic N) is 2. The van der Waals surface area contributed by atoms with Crippen LogP contribution in [0.3, 0.4) is 0 Å². The lowest BCUT2D eigenvalue weighted by Gasteiger charge is -2.18. The number of nitrogens with two attached hydrogens (primary N) is 1. The Bertz CT molecular complexity index is 579. The van der Waals surface area contributed by atoms with Crippen LogP contribution in [0.2, 0.25) is 0 Å². The second-order valence-electron chi connectivity index (χ2n) is 5.24. The van der Waals surface area contributed by atoms with E-state index >= 15 is 0 Å². The lowest BCUT2D eigenvalue weighted by atomic mass is 10.2. The van der Waals surface area contributed by atoms with Crippen molar-refractivity contribution in [3.05, 3.63) is 42.2 Å². The number of nitrogen functional groups attached to an aromatic ring is 1. The number of carbonyl (C=O) groups excluding carboxylic acids is 1. The smallest absolute Gasteiger partial charge is 0.359 e. The van der Waals surface area contributed by atoms with Gasteiger partial charge in [0.1, 0.15) is 5.60 Å². The van der Waals surface area contributed by atoms with Crippen LogP contribution in [-0.2, 0) is 4.74 Å². The molecule has 100 valence electrons. The molecule has 0 unspecified atom stereocenters. The van der Waals surface area contributed by atoms with Gasteiger partial charge in [0.2, 0.25) is 0 Å². The molecule has 0 saturated carbocycles. The zero-order valence-corrected chi connectivity index (χ0v) is 11.3. The SMILES string of the molecule is CC(C)(C)OC(=O)c1ccn(-c2ccc(N)cc2)n1. The van der Waals surface area contributed by atoms with E-state index in [0.29, 0.717) is 5.69 Å². The molecule has 0 aliphatic carbocycles. The number of hydrogen-bond donors (Lipinski definition) is 1. The lowest BCUT2D eigenvalue weighted by Crippen LogP contribution is -2.24. The van der Waals surface area contributed by atoms with E-state index in [-0.39, 0.29) is 5.69 Å². The molecule has 1 heterocycles. The van der Waals surface area contributed by atoms with Crippen molar-refractivity contribution in [2.24, 2.45) is 0 Å². The third-order valence-electron chi connectivity index (χ3n) is 2.35. The second-order valence-corrected chi connectivity index (χ2v) is 5.24. The number of carbonyl (C=O) groups is 1. The monoisotopic (exact) mass is 259 g/mol. The van der Waals surface area contributed by atoms with E-state index in [9.17, 15) is 4.79 Å². The number of benzene rings is 1. The molecular weight excluding hydrogens is 242 g/mol. The predicted molar refractivity (Wildman–Crippen MR) is 73.1 cm³/mol. The summed E-state index contributed by atoms with van der Waals surface area (Å²) in [5.74, 6) is -0.429. The first-order valence-electron chi connectivity index (χ1n) is 6.00. The summed E-state index contributed by atoms with van der Waals surface area (Å²) >= 11 is 0. The van der Waals surface area contributed by atoms with Crippen LogP contribution in [0.4, 0.5) is 5.69 Å². The number of ether oxygens (including phenoxy) is 1. The zero-order valence-electron chi connectivity index (χ0n) is 11.3. The van der Waals surface area contributed by atoms with Crippen LogP contribution in [-0.4, -0.2) is 21.4 Å². The molecule has 0 spiro atoms. The van der Waals surface area contributed by atoms with Crippen molar-refractivity contribution in [2.45, 2.75) is 26.4 Å². The summed E-state index contributed by atoms with van der Waals surface area (Å²) in [5, 5.41) is 4.20. The predicted octanol–water partition coefficient (Wildman–Crippen LogP) is 2.41.